The largest absolute Gasteiger partial charge is 0.317 e. The Labute approximate surface area is 102 Å². The molecule has 2 atom stereocenters. The van der Waals surface area contributed by atoms with Crippen LogP contribution in [0.4, 0.5) is 0 Å². The van der Waals surface area contributed by atoms with Crippen molar-refractivity contribution in [2.45, 2.75) is 45.4 Å². The van der Waals surface area contributed by atoms with Gasteiger partial charge in [0.2, 0.25) is 0 Å². The summed E-state index contributed by atoms with van der Waals surface area (Å²) in [4.78, 5) is 2.25. The third-order valence-electron chi connectivity index (χ3n) is 3.73. The minimum absolute atomic E-state index is 0.979. The second-order valence-corrected chi connectivity index (χ2v) is 5.83. The van der Waals surface area contributed by atoms with E-state index < -0.39 is 0 Å². The van der Waals surface area contributed by atoms with Gasteiger partial charge in [-0.2, -0.15) is 0 Å². The molecule has 1 N–H and O–H groups in total. The zero-order chi connectivity index (χ0) is 11.8. The van der Waals surface area contributed by atoms with E-state index in [1.165, 1.54) is 58.2 Å². The highest BCUT2D eigenvalue weighted by Gasteiger charge is 2.17. The summed E-state index contributed by atoms with van der Waals surface area (Å²) < 4.78 is 0. The fourth-order valence-corrected chi connectivity index (χ4v) is 2.77. The van der Waals surface area contributed by atoms with E-state index in [4.69, 9.17) is 0 Å². The number of hydrogen-bond acceptors (Lipinski definition) is 2. The van der Waals surface area contributed by atoms with E-state index in [-0.39, 0.29) is 0 Å². The molecule has 0 amide bonds. The van der Waals surface area contributed by atoms with Crippen LogP contribution in [0.1, 0.15) is 45.4 Å². The molecular formula is C14H30N2. The maximum absolute atomic E-state index is 3.58. The lowest BCUT2D eigenvalue weighted by Gasteiger charge is -2.26. The van der Waals surface area contributed by atoms with Gasteiger partial charge in [0.1, 0.15) is 0 Å². The monoisotopic (exact) mass is 226 g/mol. The molecule has 16 heavy (non-hydrogen) atoms. The third kappa shape index (κ3) is 6.49. The second-order valence-electron chi connectivity index (χ2n) is 5.83. The van der Waals surface area contributed by atoms with Crippen LogP contribution in [-0.4, -0.2) is 38.6 Å². The highest BCUT2D eigenvalue weighted by atomic mass is 15.0. The normalized spacial score (nSPS) is 26.2. The van der Waals surface area contributed by atoms with Crippen LogP contribution in [0.15, 0.2) is 0 Å². The third-order valence-corrected chi connectivity index (χ3v) is 3.73. The van der Waals surface area contributed by atoms with Crippen LogP contribution in [0.2, 0.25) is 0 Å². The Kier molecular flexibility index (Phi) is 7.06. The Morgan fingerprint density at radius 2 is 2.00 bits per heavy atom. The lowest BCUT2D eigenvalue weighted by atomic mass is 9.81. The molecule has 0 saturated heterocycles. The summed E-state index contributed by atoms with van der Waals surface area (Å²) in [6.07, 6.45) is 8.54. The summed E-state index contributed by atoms with van der Waals surface area (Å²) in [6.45, 7) is 6.02. The van der Waals surface area contributed by atoms with E-state index >= 15 is 0 Å². The lowest BCUT2D eigenvalue weighted by molar-refractivity contribution is 0.267. The van der Waals surface area contributed by atoms with Crippen molar-refractivity contribution in [3.63, 3.8) is 0 Å². The Bertz CT molecular complexity index is 168. The maximum Gasteiger partial charge on any atom is -0.00127 e. The molecule has 1 rings (SSSR count). The minimum Gasteiger partial charge on any atom is -0.317 e. The van der Waals surface area contributed by atoms with Crippen LogP contribution in [0.25, 0.3) is 0 Å². The van der Waals surface area contributed by atoms with E-state index in [9.17, 15) is 0 Å². The van der Waals surface area contributed by atoms with Crippen LogP contribution in [0.3, 0.4) is 0 Å². The van der Waals surface area contributed by atoms with Crippen LogP contribution in [0.5, 0.6) is 0 Å². The summed E-state index contributed by atoms with van der Waals surface area (Å²) in [6, 6.07) is 0. The van der Waals surface area contributed by atoms with Crippen LogP contribution in [0, 0.1) is 11.8 Å². The highest BCUT2D eigenvalue weighted by molar-refractivity contribution is 4.71. The fraction of sp³-hybridized carbons (Fsp3) is 1.00. The first-order valence-electron chi connectivity index (χ1n) is 7.04. The topological polar surface area (TPSA) is 15.3 Å². The van der Waals surface area contributed by atoms with E-state index in [2.05, 4.69) is 31.2 Å². The lowest BCUT2D eigenvalue weighted by Crippen LogP contribution is -2.24. The van der Waals surface area contributed by atoms with E-state index in [0.29, 0.717) is 0 Å². The van der Waals surface area contributed by atoms with Gasteiger partial charge in [-0.3, -0.25) is 0 Å². The average Bonchev–Trinajstić information content (AvgIpc) is 2.23. The molecule has 0 aromatic rings. The molecule has 2 unspecified atom stereocenters. The molecule has 0 heterocycles. The van der Waals surface area contributed by atoms with Gasteiger partial charge in [0.05, 0.1) is 0 Å². The van der Waals surface area contributed by atoms with Crippen molar-refractivity contribution >= 4 is 0 Å². The first kappa shape index (κ1) is 14.0. The summed E-state index contributed by atoms with van der Waals surface area (Å²) >= 11 is 0. The zero-order valence-corrected chi connectivity index (χ0v) is 11.5. The molecule has 0 spiro atoms. The second kappa shape index (κ2) is 8.08. The van der Waals surface area contributed by atoms with Gasteiger partial charge < -0.3 is 10.2 Å². The highest BCUT2D eigenvalue weighted by Crippen LogP contribution is 2.30. The van der Waals surface area contributed by atoms with Crippen molar-refractivity contribution in [1.82, 2.24) is 10.2 Å². The maximum atomic E-state index is 3.58. The van der Waals surface area contributed by atoms with Gasteiger partial charge in [0, 0.05) is 0 Å². The predicted molar refractivity (Wildman–Crippen MR) is 71.8 cm³/mol. The zero-order valence-electron chi connectivity index (χ0n) is 11.5. The number of nitrogens with one attached hydrogen (secondary N) is 1. The van der Waals surface area contributed by atoms with Crippen molar-refractivity contribution in [3.05, 3.63) is 0 Å². The average molecular weight is 226 g/mol. The molecule has 0 aliphatic heterocycles. The summed E-state index contributed by atoms with van der Waals surface area (Å²) in [5.41, 5.74) is 0. The fourth-order valence-electron chi connectivity index (χ4n) is 2.77. The number of hydrogen-bond donors (Lipinski definition) is 1. The van der Waals surface area contributed by atoms with Crippen LogP contribution in [-0.2, 0) is 0 Å². The quantitative estimate of drug-likeness (QED) is 0.672. The predicted octanol–water partition coefficient (Wildman–Crippen LogP) is 2.74. The molecular weight excluding hydrogens is 196 g/mol. The Hall–Kier alpha value is -0.0800. The molecule has 0 bridgehead atoms. The minimum atomic E-state index is 0.979. The SMILES string of the molecule is CC1CCCC(CCNCCCN(C)C)C1. The first-order chi connectivity index (χ1) is 7.68. The summed E-state index contributed by atoms with van der Waals surface area (Å²) in [5, 5.41) is 3.58. The first-order valence-corrected chi connectivity index (χ1v) is 7.04. The van der Waals surface area contributed by atoms with Gasteiger partial charge in [-0.1, -0.05) is 26.2 Å². The van der Waals surface area contributed by atoms with Crippen molar-refractivity contribution in [1.29, 1.82) is 0 Å². The van der Waals surface area contributed by atoms with Crippen molar-refractivity contribution in [3.8, 4) is 0 Å². The van der Waals surface area contributed by atoms with Crippen LogP contribution < -0.4 is 5.32 Å². The van der Waals surface area contributed by atoms with Gasteiger partial charge >= 0.3 is 0 Å². The molecule has 1 aliphatic rings. The molecule has 96 valence electrons. The van der Waals surface area contributed by atoms with Crippen molar-refractivity contribution in [2.24, 2.45) is 11.8 Å². The molecule has 0 aromatic carbocycles. The molecule has 0 aromatic heterocycles. The van der Waals surface area contributed by atoms with Crippen molar-refractivity contribution in [2.75, 3.05) is 33.7 Å². The van der Waals surface area contributed by atoms with Crippen molar-refractivity contribution < 1.29 is 0 Å². The standard InChI is InChI=1S/C14H30N2/c1-13-6-4-7-14(12-13)8-10-15-9-5-11-16(2)3/h13-15H,4-12H2,1-3H3. The summed E-state index contributed by atoms with van der Waals surface area (Å²) in [7, 11) is 4.28. The van der Waals surface area contributed by atoms with Gasteiger partial charge in [0.25, 0.3) is 0 Å². The number of rotatable bonds is 7. The molecule has 2 nitrogen and oxygen atoms in total. The van der Waals surface area contributed by atoms with E-state index in [1.807, 2.05) is 0 Å². The van der Waals surface area contributed by atoms with Crippen LogP contribution >= 0.6 is 0 Å². The summed E-state index contributed by atoms with van der Waals surface area (Å²) in [5.74, 6) is 1.98. The smallest absolute Gasteiger partial charge is 0.00127 e. The Balaban J connectivity index is 1.90. The van der Waals surface area contributed by atoms with Gasteiger partial charge in [-0.25, -0.2) is 0 Å². The van der Waals surface area contributed by atoms with Gasteiger partial charge in [-0.15, -0.1) is 0 Å². The molecule has 0 radical (unpaired) electrons. The van der Waals surface area contributed by atoms with E-state index in [1.54, 1.807) is 0 Å². The van der Waals surface area contributed by atoms with Gasteiger partial charge in [0.15, 0.2) is 0 Å². The number of nitrogens with zero attached hydrogens (tertiary/aromatic N) is 1. The molecule has 2 heteroatoms. The van der Waals surface area contributed by atoms with E-state index in [0.717, 1.165) is 11.8 Å². The molecule has 1 aliphatic carbocycles. The molecule has 1 saturated carbocycles. The Morgan fingerprint density at radius 3 is 2.69 bits per heavy atom. The van der Waals surface area contributed by atoms with Gasteiger partial charge in [-0.05, 0) is 64.8 Å². The molecule has 1 fully saturated rings. The Morgan fingerprint density at radius 1 is 1.19 bits per heavy atom.